The number of carbonyl (C=O) groups is 2. The van der Waals surface area contributed by atoms with Crippen molar-refractivity contribution in [2.24, 2.45) is 0 Å². The third kappa shape index (κ3) is 3.39. The minimum atomic E-state index is -0.255. The van der Waals surface area contributed by atoms with Crippen molar-refractivity contribution in [1.82, 2.24) is 4.98 Å². The van der Waals surface area contributed by atoms with Gasteiger partial charge in [-0.15, -0.1) is 0 Å². The Morgan fingerprint density at radius 3 is 2.61 bits per heavy atom. The third-order valence-corrected chi connectivity index (χ3v) is 4.99. The van der Waals surface area contributed by atoms with E-state index in [1.54, 1.807) is 36.5 Å². The predicted molar refractivity (Wildman–Crippen MR) is 110 cm³/mol. The largest absolute Gasteiger partial charge is 0.323 e. The first-order chi connectivity index (χ1) is 13.5. The number of hydrogen-bond donors (Lipinski definition) is 1. The van der Waals surface area contributed by atoms with Crippen molar-refractivity contribution in [2.45, 2.75) is 26.3 Å². The molecule has 4 rings (SSSR count). The van der Waals surface area contributed by atoms with Crippen molar-refractivity contribution in [3.8, 4) is 0 Å². The standard InChI is InChI=1S/C23H21N3O2/c1-15-12-18-6-3-4-9-21(18)26(15)22-11-10-19(14-24-22)23(28)25-20-8-5-7-17(13-20)16(2)27/h3-11,13-15H,12H2,1-2H3,(H,25,28). The number of fused-ring (bicyclic) bond motifs is 1. The minimum Gasteiger partial charge on any atom is -0.323 e. The molecule has 0 saturated carbocycles. The average Bonchev–Trinajstić information content (AvgIpc) is 3.04. The van der Waals surface area contributed by atoms with Crippen LogP contribution in [0.25, 0.3) is 0 Å². The number of rotatable bonds is 4. The molecule has 1 N–H and O–H groups in total. The lowest BCUT2D eigenvalue weighted by molar-refractivity contribution is 0.101. The molecule has 28 heavy (non-hydrogen) atoms. The molecule has 1 aliphatic rings. The van der Waals surface area contributed by atoms with Gasteiger partial charge in [0.25, 0.3) is 5.91 Å². The van der Waals surface area contributed by atoms with E-state index >= 15 is 0 Å². The second-order valence-electron chi connectivity index (χ2n) is 7.05. The molecule has 5 heteroatoms. The highest BCUT2D eigenvalue weighted by atomic mass is 16.1. The number of nitrogens with one attached hydrogen (secondary N) is 1. The smallest absolute Gasteiger partial charge is 0.257 e. The molecule has 0 radical (unpaired) electrons. The minimum absolute atomic E-state index is 0.0397. The fourth-order valence-corrected chi connectivity index (χ4v) is 3.60. The third-order valence-electron chi connectivity index (χ3n) is 4.99. The number of carbonyl (C=O) groups excluding carboxylic acids is 2. The summed E-state index contributed by atoms with van der Waals surface area (Å²) in [5.41, 5.74) is 4.10. The Morgan fingerprint density at radius 2 is 1.86 bits per heavy atom. The van der Waals surface area contributed by atoms with E-state index in [-0.39, 0.29) is 11.7 Å². The number of nitrogens with zero attached hydrogens (tertiary/aromatic N) is 2. The zero-order valence-corrected chi connectivity index (χ0v) is 15.8. The number of hydrogen-bond acceptors (Lipinski definition) is 4. The van der Waals surface area contributed by atoms with Crippen molar-refractivity contribution < 1.29 is 9.59 Å². The van der Waals surface area contributed by atoms with Gasteiger partial charge in [0.05, 0.1) is 5.56 Å². The first kappa shape index (κ1) is 17.9. The zero-order chi connectivity index (χ0) is 19.7. The highest BCUT2D eigenvalue weighted by molar-refractivity contribution is 6.05. The number of amides is 1. The van der Waals surface area contributed by atoms with E-state index in [4.69, 9.17) is 0 Å². The zero-order valence-electron chi connectivity index (χ0n) is 15.8. The van der Waals surface area contributed by atoms with E-state index in [2.05, 4.69) is 40.3 Å². The summed E-state index contributed by atoms with van der Waals surface area (Å²) >= 11 is 0. The predicted octanol–water partition coefficient (Wildman–Crippen LogP) is 4.62. The van der Waals surface area contributed by atoms with Crippen LogP contribution in [0.4, 0.5) is 17.2 Å². The molecule has 1 amide bonds. The van der Waals surface area contributed by atoms with Gasteiger partial charge in [-0.3, -0.25) is 9.59 Å². The van der Waals surface area contributed by atoms with Gasteiger partial charge in [-0.25, -0.2) is 4.98 Å². The molecule has 1 aromatic heterocycles. The van der Waals surface area contributed by atoms with E-state index in [0.717, 1.165) is 12.2 Å². The van der Waals surface area contributed by atoms with Crippen LogP contribution in [-0.2, 0) is 6.42 Å². The van der Waals surface area contributed by atoms with Crippen molar-refractivity contribution in [2.75, 3.05) is 10.2 Å². The van der Waals surface area contributed by atoms with Crippen LogP contribution in [0.5, 0.6) is 0 Å². The molecule has 1 aliphatic heterocycles. The summed E-state index contributed by atoms with van der Waals surface area (Å²) in [4.78, 5) is 30.8. The van der Waals surface area contributed by atoms with Gasteiger partial charge in [0.2, 0.25) is 0 Å². The van der Waals surface area contributed by atoms with Crippen LogP contribution in [0.15, 0.2) is 66.9 Å². The maximum atomic E-state index is 12.5. The van der Waals surface area contributed by atoms with Crippen molar-refractivity contribution in [3.05, 3.63) is 83.6 Å². The molecule has 2 aromatic carbocycles. The van der Waals surface area contributed by atoms with E-state index < -0.39 is 0 Å². The topological polar surface area (TPSA) is 62.3 Å². The van der Waals surface area contributed by atoms with Crippen molar-refractivity contribution in [1.29, 1.82) is 0 Å². The molecular weight excluding hydrogens is 350 g/mol. The van der Waals surface area contributed by atoms with Crippen molar-refractivity contribution >= 4 is 28.9 Å². The Labute approximate surface area is 164 Å². The van der Waals surface area contributed by atoms with Crippen LogP contribution in [0.3, 0.4) is 0 Å². The van der Waals surface area contributed by atoms with E-state index in [9.17, 15) is 9.59 Å². The number of ketones is 1. The highest BCUT2D eigenvalue weighted by Gasteiger charge is 2.27. The molecule has 140 valence electrons. The number of Topliss-reactive ketones (excluding diaryl/α,β-unsaturated/α-hetero) is 1. The summed E-state index contributed by atoms with van der Waals surface area (Å²) in [6, 6.07) is 19.2. The normalized spacial score (nSPS) is 15.2. The quantitative estimate of drug-likeness (QED) is 0.680. The van der Waals surface area contributed by atoms with Gasteiger partial charge < -0.3 is 10.2 Å². The Hall–Kier alpha value is -3.47. The highest BCUT2D eigenvalue weighted by Crippen LogP contribution is 2.36. The Balaban J connectivity index is 1.53. The Morgan fingerprint density at radius 1 is 1.04 bits per heavy atom. The SMILES string of the molecule is CC(=O)c1cccc(NC(=O)c2ccc(N3c4ccccc4CC3C)nc2)c1. The number of benzene rings is 2. The summed E-state index contributed by atoms with van der Waals surface area (Å²) < 4.78 is 0. The van der Waals surface area contributed by atoms with Gasteiger partial charge >= 0.3 is 0 Å². The summed E-state index contributed by atoms with van der Waals surface area (Å²) in [6.07, 6.45) is 2.57. The van der Waals surface area contributed by atoms with Gasteiger partial charge in [-0.05, 0) is 56.2 Å². The van der Waals surface area contributed by atoms with Crippen LogP contribution in [0, 0.1) is 0 Å². The molecule has 1 unspecified atom stereocenters. The van der Waals surface area contributed by atoms with Gasteiger partial charge in [-0.2, -0.15) is 0 Å². The lowest BCUT2D eigenvalue weighted by atomic mass is 10.1. The molecule has 0 saturated heterocycles. The lowest BCUT2D eigenvalue weighted by Crippen LogP contribution is -2.25. The van der Waals surface area contributed by atoms with Crippen LogP contribution >= 0.6 is 0 Å². The number of pyridine rings is 1. The maximum Gasteiger partial charge on any atom is 0.257 e. The first-order valence-electron chi connectivity index (χ1n) is 9.28. The summed E-state index contributed by atoms with van der Waals surface area (Å²) in [7, 11) is 0. The lowest BCUT2D eigenvalue weighted by Gasteiger charge is -2.23. The number of anilines is 3. The van der Waals surface area contributed by atoms with Gasteiger partial charge in [-0.1, -0.05) is 30.3 Å². The summed E-state index contributed by atoms with van der Waals surface area (Å²) in [5.74, 6) is 0.532. The Kier molecular flexibility index (Phi) is 4.65. The van der Waals surface area contributed by atoms with Gasteiger partial charge in [0.1, 0.15) is 5.82 Å². The molecule has 0 spiro atoms. The van der Waals surface area contributed by atoms with Crippen LogP contribution < -0.4 is 10.2 Å². The first-order valence-corrected chi connectivity index (χ1v) is 9.28. The van der Waals surface area contributed by atoms with E-state index in [1.807, 2.05) is 12.1 Å². The molecule has 3 aromatic rings. The molecule has 5 nitrogen and oxygen atoms in total. The Bertz CT molecular complexity index is 1040. The molecular formula is C23H21N3O2. The fraction of sp³-hybridized carbons (Fsp3) is 0.174. The molecule has 1 atom stereocenters. The van der Waals surface area contributed by atoms with Crippen LogP contribution in [-0.4, -0.2) is 22.7 Å². The van der Waals surface area contributed by atoms with Gasteiger partial charge in [0.15, 0.2) is 5.78 Å². The monoisotopic (exact) mass is 371 g/mol. The summed E-state index contributed by atoms with van der Waals surface area (Å²) in [6.45, 7) is 3.67. The molecule has 2 heterocycles. The molecule has 0 bridgehead atoms. The number of aromatic nitrogens is 1. The molecule has 0 fully saturated rings. The molecule has 0 aliphatic carbocycles. The summed E-state index contributed by atoms with van der Waals surface area (Å²) in [5, 5.41) is 2.82. The second kappa shape index (κ2) is 7.27. The van der Waals surface area contributed by atoms with E-state index in [0.29, 0.717) is 22.9 Å². The van der Waals surface area contributed by atoms with Gasteiger partial charge in [0, 0.05) is 29.2 Å². The van der Waals surface area contributed by atoms with E-state index in [1.165, 1.54) is 18.2 Å². The maximum absolute atomic E-state index is 12.5. The van der Waals surface area contributed by atoms with Crippen LogP contribution in [0.1, 0.15) is 40.1 Å². The second-order valence-corrected chi connectivity index (χ2v) is 7.05. The number of para-hydroxylation sites is 1. The average molecular weight is 371 g/mol. The fourth-order valence-electron chi connectivity index (χ4n) is 3.60. The van der Waals surface area contributed by atoms with Crippen molar-refractivity contribution in [3.63, 3.8) is 0 Å². The van der Waals surface area contributed by atoms with Crippen LogP contribution in [0.2, 0.25) is 0 Å².